The van der Waals surface area contributed by atoms with Crippen LogP contribution in [0.3, 0.4) is 0 Å². The topological polar surface area (TPSA) is 44.5 Å². The third-order valence-electron chi connectivity index (χ3n) is 3.68. The maximum atomic E-state index is 5.59. The van der Waals surface area contributed by atoms with Gasteiger partial charge in [-0.1, -0.05) is 6.92 Å². The van der Waals surface area contributed by atoms with Gasteiger partial charge >= 0.3 is 0 Å². The highest BCUT2D eigenvalue weighted by atomic mass is 16.4. The van der Waals surface area contributed by atoms with Gasteiger partial charge in [0.05, 0.1) is 5.69 Å². The van der Waals surface area contributed by atoms with Crippen LogP contribution in [0.15, 0.2) is 10.7 Å². The van der Waals surface area contributed by atoms with E-state index in [1.807, 2.05) is 0 Å². The lowest BCUT2D eigenvalue weighted by molar-refractivity contribution is 0.136. The Labute approximate surface area is 109 Å². The molecule has 0 aliphatic carbocycles. The summed E-state index contributed by atoms with van der Waals surface area (Å²) in [7, 11) is 2.17. The summed E-state index contributed by atoms with van der Waals surface area (Å²) in [6, 6.07) is 0.754. The molecule has 0 atom stereocenters. The lowest BCUT2D eigenvalue weighted by Crippen LogP contribution is -2.57. The van der Waals surface area contributed by atoms with Crippen LogP contribution < -0.4 is 10.2 Å². The van der Waals surface area contributed by atoms with Crippen LogP contribution in [0.1, 0.15) is 26.5 Å². The van der Waals surface area contributed by atoms with Gasteiger partial charge in [0.2, 0.25) is 0 Å². The van der Waals surface area contributed by atoms with Gasteiger partial charge in [0, 0.05) is 31.7 Å². The monoisotopic (exact) mass is 252 g/mol. The fraction of sp³-hybridized carbons (Fsp3) is 0.769. The number of nitrogens with one attached hydrogen (secondary N) is 1. The Morgan fingerprint density at radius 1 is 1.44 bits per heavy atom. The highest BCUT2D eigenvalue weighted by molar-refractivity contribution is 5.29. The molecule has 1 fully saturated rings. The fourth-order valence-corrected chi connectivity index (χ4v) is 2.18. The Morgan fingerprint density at radius 3 is 2.89 bits per heavy atom. The number of nitrogens with zero attached hydrogens (tertiary/aromatic N) is 3. The first kappa shape index (κ1) is 13.4. The molecule has 1 saturated heterocycles. The average Bonchev–Trinajstić information content (AvgIpc) is 2.78. The van der Waals surface area contributed by atoms with Crippen molar-refractivity contribution < 1.29 is 4.42 Å². The Kier molecular flexibility index (Phi) is 3.92. The number of oxazole rings is 1. The van der Waals surface area contributed by atoms with E-state index in [1.165, 1.54) is 0 Å². The summed E-state index contributed by atoms with van der Waals surface area (Å²) in [4.78, 5) is 9.15. The molecule has 1 aliphatic rings. The lowest BCUT2D eigenvalue weighted by Gasteiger charge is -2.44. The second kappa shape index (κ2) is 5.28. The molecule has 2 rings (SSSR count). The van der Waals surface area contributed by atoms with Crippen LogP contribution in [-0.4, -0.2) is 48.6 Å². The van der Waals surface area contributed by atoms with E-state index >= 15 is 0 Å². The van der Waals surface area contributed by atoms with Gasteiger partial charge in [0.1, 0.15) is 6.26 Å². The maximum Gasteiger partial charge on any atom is 0.297 e. The highest BCUT2D eigenvalue weighted by Crippen LogP contribution is 2.23. The minimum Gasteiger partial charge on any atom is -0.432 e. The molecule has 5 heteroatoms. The zero-order chi connectivity index (χ0) is 13.2. The van der Waals surface area contributed by atoms with Gasteiger partial charge < -0.3 is 14.6 Å². The third kappa shape index (κ3) is 2.84. The van der Waals surface area contributed by atoms with E-state index in [1.54, 1.807) is 6.26 Å². The van der Waals surface area contributed by atoms with Crippen molar-refractivity contribution in [2.24, 2.45) is 0 Å². The summed E-state index contributed by atoms with van der Waals surface area (Å²) in [5.41, 5.74) is 1.14. The van der Waals surface area contributed by atoms with Crippen molar-refractivity contribution >= 4 is 6.01 Å². The maximum absolute atomic E-state index is 5.59. The van der Waals surface area contributed by atoms with E-state index < -0.39 is 0 Å². The second-order valence-electron chi connectivity index (χ2n) is 5.56. The third-order valence-corrected chi connectivity index (χ3v) is 3.68. The Morgan fingerprint density at radius 2 is 2.22 bits per heavy atom. The van der Waals surface area contributed by atoms with Gasteiger partial charge in [-0.2, -0.15) is 4.98 Å². The molecule has 0 aromatic carbocycles. The number of aromatic nitrogens is 1. The number of rotatable bonds is 4. The van der Waals surface area contributed by atoms with Gasteiger partial charge in [-0.25, -0.2) is 0 Å². The van der Waals surface area contributed by atoms with Crippen molar-refractivity contribution in [3.8, 4) is 0 Å². The summed E-state index contributed by atoms with van der Waals surface area (Å²) in [6.45, 7) is 11.3. The van der Waals surface area contributed by atoms with E-state index in [0.29, 0.717) is 0 Å². The highest BCUT2D eigenvalue weighted by Gasteiger charge is 2.32. The van der Waals surface area contributed by atoms with Crippen LogP contribution >= 0.6 is 0 Å². The minimum atomic E-state index is 0.161. The summed E-state index contributed by atoms with van der Waals surface area (Å²) in [5.74, 6) is 0. The van der Waals surface area contributed by atoms with Gasteiger partial charge in [-0.3, -0.25) is 4.90 Å². The van der Waals surface area contributed by atoms with Crippen LogP contribution in [0.5, 0.6) is 0 Å². The first-order valence-electron chi connectivity index (χ1n) is 6.64. The van der Waals surface area contributed by atoms with Gasteiger partial charge in [-0.15, -0.1) is 0 Å². The van der Waals surface area contributed by atoms with Crippen molar-refractivity contribution in [3.63, 3.8) is 0 Å². The molecule has 1 aliphatic heterocycles. The molecule has 18 heavy (non-hydrogen) atoms. The summed E-state index contributed by atoms with van der Waals surface area (Å²) in [6.07, 6.45) is 1.75. The minimum absolute atomic E-state index is 0.161. The lowest BCUT2D eigenvalue weighted by atomic mass is 10.0. The Bertz CT molecular complexity index is 388. The van der Waals surface area contributed by atoms with Crippen LogP contribution in [0.4, 0.5) is 6.01 Å². The largest absolute Gasteiger partial charge is 0.432 e. The molecule has 5 nitrogen and oxygen atoms in total. The fourth-order valence-electron chi connectivity index (χ4n) is 2.18. The standard InChI is InChI=1S/C13H24N4O/c1-5-14-8-11-9-18-12(15-11)17-7-6-16(4)13(2,3)10-17/h9,14H,5-8,10H2,1-4H3. The number of hydrogen-bond donors (Lipinski definition) is 1. The summed E-state index contributed by atoms with van der Waals surface area (Å²) >= 11 is 0. The molecule has 0 amide bonds. The van der Waals surface area contributed by atoms with Crippen LogP contribution in [0.2, 0.25) is 0 Å². The normalized spacial score (nSPS) is 20.3. The quantitative estimate of drug-likeness (QED) is 0.875. The van der Waals surface area contributed by atoms with Crippen LogP contribution in [-0.2, 0) is 6.54 Å². The van der Waals surface area contributed by atoms with Crippen molar-refractivity contribution in [3.05, 3.63) is 12.0 Å². The van der Waals surface area contributed by atoms with E-state index in [-0.39, 0.29) is 5.54 Å². The van der Waals surface area contributed by atoms with Crippen LogP contribution in [0, 0.1) is 0 Å². The second-order valence-corrected chi connectivity index (χ2v) is 5.56. The van der Waals surface area contributed by atoms with Gasteiger partial charge in [-0.05, 0) is 27.4 Å². The zero-order valence-electron chi connectivity index (χ0n) is 11.9. The first-order valence-corrected chi connectivity index (χ1v) is 6.64. The molecule has 0 unspecified atom stereocenters. The molecule has 0 radical (unpaired) electrons. The van der Waals surface area contributed by atoms with Crippen LogP contribution in [0.25, 0.3) is 0 Å². The number of piperazine rings is 1. The van der Waals surface area contributed by atoms with Crippen molar-refractivity contribution in [1.29, 1.82) is 0 Å². The molecule has 1 aromatic heterocycles. The predicted octanol–water partition coefficient (Wildman–Crippen LogP) is 1.31. The van der Waals surface area contributed by atoms with E-state index in [9.17, 15) is 0 Å². The van der Waals surface area contributed by atoms with Gasteiger partial charge in [0.15, 0.2) is 0 Å². The van der Waals surface area contributed by atoms with Crippen molar-refractivity contribution in [2.45, 2.75) is 32.9 Å². The SMILES string of the molecule is CCNCc1coc(N2CCN(C)C(C)(C)C2)n1. The Hall–Kier alpha value is -1.07. The first-order chi connectivity index (χ1) is 8.53. The molecule has 1 aromatic rings. The average molecular weight is 252 g/mol. The van der Waals surface area contributed by atoms with Gasteiger partial charge in [0.25, 0.3) is 6.01 Å². The number of hydrogen-bond acceptors (Lipinski definition) is 5. The van der Waals surface area contributed by atoms with E-state index in [4.69, 9.17) is 4.42 Å². The molecule has 0 bridgehead atoms. The zero-order valence-corrected chi connectivity index (χ0v) is 11.9. The Balaban J connectivity index is 2.01. The molecule has 102 valence electrons. The summed E-state index contributed by atoms with van der Waals surface area (Å²) in [5, 5.41) is 3.25. The van der Waals surface area contributed by atoms with Crippen molar-refractivity contribution in [2.75, 3.05) is 38.1 Å². The molecule has 1 N–H and O–H groups in total. The molecular weight excluding hydrogens is 228 g/mol. The predicted molar refractivity (Wildman–Crippen MR) is 72.8 cm³/mol. The smallest absolute Gasteiger partial charge is 0.297 e. The number of anilines is 1. The van der Waals surface area contributed by atoms with E-state index in [0.717, 1.165) is 44.4 Å². The molecular formula is C13H24N4O. The van der Waals surface area contributed by atoms with E-state index in [2.05, 4.69) is 47.9 Å². The molecule has 0 spiro atoms. The number of likely N-dealkylation sites (N-methyl/N-ethyl adjacent to an activating group) is 1. The summed E-state index contributed by atoms with van der Waals surface area (Å²) < 4.78 is 5.59. The van der Waals surface area contributed by atoms with Crippen molar-refractivity contribution in [1.82, 2.24) is 15.2 Å². The molecule has 2 heterocycles. The molecule has 0 saturated carbocycles.